The zero-order valence-corrected chi connectivity index (χ0v) is 10.7. The monoisotopic (exact) mass is 229 g/mol. The van der Waals surface area contributed by atoms with E-state index in [1.807, 2.05) is 0 Å². The first-order valence-corrected chi connectivity index (χ1v) is 6.40. The standard InChI is InChI=1S/C12H27N3O/c1-3-4-5-8-11(2)14-10-7-6-9-12(13)15-16/h11,14,16H,3-10H2,1-2H3,(H2,13,15). The van der Waals surface area contributed by atoms with Crippen LogP contribution >= 0.6 is 0 Å². The molecule has 0 aliphatic heterocycles. The Labute approximate surface area is 99.3 Å². The molecule has 0 aromatic rings. The summed E-state index contributed by atoms with van der Waals surface area (Å²) in [5, 5.41) is 14.8. The highest BCUT2D eigenvalue weighted by atomic mass is 16.4. The fourth-order valence-electron chi connectivity index (χ4n) is 1.63. The zero-order chi connectivity index (χ0) is 12.2. The van der Waals surface area contributed by atoms with E-state index in [4.69, 9.17) is 10.9 Å². The van der Waals surface area contributed by atoms with Crippen LogP contribution in [0, 0.1) is 0 Å². The van der Waals surface area contributed by atoms with Gasteiger partial charge in [-0.1, -0.05) is 31.3 Å². The average Bonchev–Trinajstić information content (AvgIpc) is 2.28. The summed E-state index contributed by atoms with van der Waals surface area (Å²) in [5.41, 5.74) is 5.38. The normalized spacial score (nSPS) is 14.0. The van der Waals surface area contributed by atoms with Crippen LogP contribution in [-0.2, 0) is 0 Å². The molecule has 0 saturated carbocycles. The summed E-state index contributed by atoms with van der Waals surface area (Å²) in [6.07, 6.45) is 7.92. The molecular weight excluding hydrogens is 202 g/mol. The van der Waals surface area contributed by atoms with Gasteiger partial charge in [0.25, 0.3) is 0 Å². The predicted octanol–water partition coefficient (Wildman–Crippen LogP) is 2.46. The number of nitrogens with one attached hydrogen (secondary N) is 1. The fraction of sp³-hybridized carbons (Fsp3) is 0.917. The predicted molar refractivity (Wildman–Crippen MR) is 68.9 cm³/mol. The summed E-state index contributed by atoms with van der Waals surface area (Å²) < 4.78 is 0. The van der Waals surface area contributed by atoms with E-state index in [0.29, 0.717) is 18.3 Å². The average molecular weight is 229 g/mol. The molecule has 0 rings (SSSR count). The number of hydrogen-bond donors (Lipinski definition) is 3. The third kappa shape index (κ3) is 9.77. The van der Waals surface area contributed by atoms with Crippen LogP contribution < -0.4 is 11.1 Å². The molecule has 4 heteroatoms. The van der Waals surface area contributed by atoms with Gasteiger partial charge in [-0.15, -0.1) is 0 Å². The van der Waals surface area contributed by atoms with E-state index >= 15 is 0 Å². The van der Waals surface area contributed by atoms with Crippen molar-refractivity contribution in [2.75, 3.05) is 6.54 Å². The molecule has 16 heavy (non-hydrogen) atoms. The lowest BCUT2D eigenvalue weighted by molar-refractivity contribution is 0.316. The number of hydrogen-bond acceptors (Lipinski definition) is 3. The van der Waals surface area contributed by atoms with Gasteiger partial charge in [-0.2, -0.15) is 0 Å². The molecule has 0 amide bonds. The van der Waals surface area contributed by atoms with Crippen LogP contribution in [0.3, 0.4) is 0 Å². The van der Waals surface area contributed by atoms with Crippen molar-refractivity contribution in [1.82, 2.24) is 5.32 Å². The summed E-state index contributed by atoms with van der Waals surface area (Å²) in [7, 11) is 0. The second kappa shape index (κ2) is 10.7. The first kappa shape index (κ1) is 15.2. The molecule has 0 bridgehead atoms. The van der Waals surface area contributed by atoms with Gasteiger partial charge in [0, 0.05) is 12.5 Å². The van der Waals surface area contributed by atoms with Crippen molar-refractivity contribution < 1.29 is 5.21 Å². The van der Waals surface area contributed by atoms with Crippen molar-refractivity contribution in [3.05, 3.63) is 0 Å². The van der Waals surface area contributed by atoms with Gasteiger partial charge in [0.2, 0.25) is 0 Å². The zero-order valence-electron chi connectivity index (χ0n) is 10.7. The summed E-state index contributed by atoms with van der Waals surface area (Å²) in [6.45, 7) is 5.48. The first-order chi connectivity index (χ1) is 7.70. The second-order valence-electron chi connectivity index (χ2n) is 4.40. The summed E-state index contributed by atoms with van der Waals surface area (Å²) in [6, 6.07) is 0.607. The maximum absolute atomic E-state index is 8.35. The minimum Gasteiger partial charge on any atom is -0.409 e. The van der Waals surface area contributed by atoms with Crippen molar-refractivity contribution >= 4 is 5.84 Å². The summed E-state index contributed by atoms with van der Waals surface area (Å²) in [4.78, 5) is 0. The van der Waals surface area contributed by atoms with Gasteiger partial charge >= 0.3 is 0 Å². The lowest BCUT2D eigenvalue weighted by Crippen LogP contribution is -2.27. The largest absolute Gasteiger partial charge is 0.409 e. The molecule has 1 atom stereocenters. The van der Waals surface area contributed by atoms with Crippen LogP contribution in [0.1, 0.15) is 58.8 Å². The number of unbranched alkanes of at least 4 members (excludes halogenated alkanes) is 3. The Bertz CT molecular complexity index is 183. The molecule has 0 saturated heterocycles. The molecule has 0 aliphatic carbocycles. The maximum Gasteiger partial charge on any atom is 0.139 e. The molecule has 4 N–H and O–H groups in total. The van der Waals surface area contributed by atoms with Gasteiger partial charge in [-0.05, 0) is 32.7 Å². The van der Waals surface area contributed by atoms with E-state index in [-0.39, 0.29) is 0 Å². The third-order valence-corrected chi connectivity index (χ3v) is 2.72. The number of oxime groups is 1. The number of rotatable bonds is 10. The Morgan fingerprint density at radius 2 is 2.06 bits per heavy atom. The number of nitrogens with zero attached hydrogens (tertiary/aromatic N) is 1. The second-order valence-corrected chi connectivity index (χ2v) is 4.40. The maximum atomic E-state index is 8.35. The first-order valence-electron chi connectivity index (χ1n) is 6.40. The van der Waals surface area contributed by atoms with E-state index in [0.717, 1.165) is 19.4 Å². The van der Waals surface area contributed by atoms with E-state index in [2.05, 4.69) is 24.3 Å². The molecule has 0 fully saturated rings. The van der Waals surface area contributed by atoms with Crippen LogP contribution in [0.4, 0.5) is 0 Å². The van der Waals surface area contributed by atoms with Crippen molar-refractivity contribution in [3.63, 3.8) is 0 Å². The van der Waals surface area contributed by atoms with E-state index in [1.165, 1.54) is 25.7 Å². The SMILES string of the molecule is CCCCCC(C)NCCCCC(N)=NO. The van der Waals surface area contributed by atoms with Gasteiger partial charge in [0.1, 0.15) is 5.84 Å². The van der Waals surface area contributed by atoms with Crippen molar-refractivity contribution in [2.24, 2.45) is 10.9 Å². The Hall–Kier alpha value is -0.770. The minimum absolute atomic E-state index is 0.330. The Kier molecular flexibility index (Phi) is 10.2. The quantitative estimate of drug-likeness (QED) is 0.177. The lowest BCUT2D eigenvalue weighted by atomic mass is 10.1. The van der Waals surface area contributed by atoms with Crippen LogP contribution in [0.2, 0.25) is 0 Å². The molecule has 0 aliphatic rings. The van der Waals surface area contributed by atoms with E-state index in [1.54, 1.807) is 0 Å². The molecule has 0 aromatic heterocycles. The Morgan fingerprint density at radius 1 is 1.31 bits per heavy atom. The topological polar surface area (TPSA) is 70.6 Å². The highest BCUT2D eigenvalue weighted by Crippen LogP contribution is 2.03. The molecule has 0 spiro atoms. The fourth-order valence-corrected chi connectivity index (χ4v) is 1.63. The lowest BCUT2D eigenvalue weighted by Gasteiger charge is -2.13. The number of amidine groups is 1. The molecule has 4 nitrogen and oxygen atoms in total. The highest BCUT2D eigenvalue weighted by Gasteiger charge is 2.00. The van der Waals surface area contributed by atoms with Gasteiger partial charge < -0.3 is 16.3 Å². The van der Waals surface area contributed by atoms with Gasteiger partial charge in [0.15, 0.2) is 0 Å². The van der Waals surface area contributed by atoms with Gasteiger partial charge in [-0.3, -0.25) is 0 Å². The van der Waals surface area contributed by atoms with Gasteiger partial charge in [0.05, 0.1) is 0 Å². The van der Waals surface area contributed by atoms with Crippen molar-refractivity contribution in [2.45, 2.75) is 64.8 Å². The molecule has 96 valence electrons. The molecular formula is C12H27N3O. The minimum atomic E-state index is 0.330. The van der Waals surface area contributed by atoms with Gasteiger partial charge in [-0.25, -0.2) is 0 Å². The summed E-state index contributed by atoms with van der Waals surface area (Å²) >= 11 is 0. The Balaban J connectivity index is 3.24. The van der Waals surface area contributed by atoms with Crippen LogP contribution in [0.15, 0.2) is 5.16 Å². The van der Waals surface area contributed by atoms with Crippen LogP contribution in [-0.4, -0.2) is 23.6 Å². The van der Waals surface area contributed by atoms with Crippen LogP contribution in [0.5, 0.6) is 0 Å². The Morgan fingerprint density at radius 3 is 2.69 bits per heavy atom. The third-order valence-electron chi connectivity index (χ3n) is 2.72. The molecule has 0 heterocycles. The van der Waals surface area contributed by atoms with E-state index < -0.39 is 0 Å². The molecule has 0 aromatic carbocycles. The highest BCUT2D eigenvalue weighted by molar-refractivity contribution is 5.79. The van der Waals surface area contributed by atoms with Crippen LogP contribution in [0.25, 0.3) is 0 Å². The van der Waals surface area contributed by atoms with Crippen molar-refractivity contribution in [1.29, 1.82) is 0 Å². The summed E-state index contributed by atoms with van der Waals surface area (Å²) in [5.74, 6) is 0.330. The van der Waals surface area contributed by atoms with Crippen molar-refractivity contribution in [3.8, 4) is 0 Å². The molecule has 1 unspecified atom stereocenters. The molecule has 0 radical (unpaired) electrons. The van der Waals surface area contributed by atoms with E-state index in [9.17, 15) is 0 Å². The smallest absolute Gasteiger partial charge is 0.139 e. The number of nitrogens with two attached hydrogens (primary N) is 1.